The van der Waals surface area contributed by atoms with Crippen molar-refractivity contribution in [1.29, 1.82) is 0 Å². The van der Waals surface area contributed by atoms with Crippen molar-refractivity contribution in [1.82, 2.24) is 4.90 Å². The lowest BCUT2D eigenvalue weighted by molar-refractivity contribution is -0.146. The van der Waals surface area contributed by atoms with E-state index in [1.165, 1.54) is 19.2 Å². The number of hydrogen-bond donors (Lipinski definition) is 0. The predicted molar refractivity (Wildman–Crippen MR) is 101 cm³/mol. The maximum atomic E-state index is 12.6. The average Bonchev–Trinajstić information content (AvgIpc) is 3.03. The number of esters is 1. The molecule has 3 rings (SSSR count). The smallest absolute Gasteiger partial charge is 0.323 e. The van der Waals surface area contributed by atoms with E-state index < -0.39 is 22.3 Å². The Bertz CT molecular complexity index is 880. The van der Waals surface area contributed by atoms with Crippen molar-refractivity contribution in [2.24, 2.45) is 0 Å². The number of carbonyl (C=O) groups excluding carboxylic acids is 1. The molecule has 2 atom stereocenters. The van der Waals surface area contributed by atoms with E-state index in [0.717, 1.165) is 11.1 Å². The molecule has 0 unspecified atom stereocenters. The van der Waals surface area contributed by atoms with Crippen molar-refractivity contribution in [2.75, 3.05) is 13.7 Å². The van der Waals surface area contributed by atoms with Gasteiger partial charge in [0.25, 0.3) is 10.1 Å². The van der Waals surface area contributed by atoms with Crippen LogP contribution in [-0.2, 0) is 30.4 Å². The number of benzene rings is 2. The minimum atomic E-state index is -3.89. The third-order valence-electron chi connectivity index (χ3n) is 4.64. The maximum Gasteiger partial charge on any atom is 0.323 e. The Balaban J connectivity index is 1.75. The molecule has 1 heterocycles. The first-order valence-corrected chi connectivity index (χ1v) is 10.2. The normalized spacial score (nSPS) is 20.5. The summed E-state index contributed by atoms with van der Waals surface area (Å²) in [5.74, 6) is -0.384. The highest BCUT2D eigenvalue weighted by Gasteiger charge is 2.40. The fraction of sp³-hybridized carbons (Fsp3) is 0.350. The molecule has 144 valence electrons. The molecule has 1 saturated heterocycles. The number of rotatable bonds is 6. The summed E-state index contributed by atoms with van der Waals surface area (Å²) in [6, 6.07) is 15.7. The van der Waals surface area contributed by atoms with Gasteiger partial charge in [0.2, 0.25) is 0 Å². The van der Waals surface area contributed by atoms with Crippen LogP contribution in [0, 0.1) is 6.92 Å². The molecule has 0 amide bonds. The molecule has 0 bridgehead atoms. The van der Waals surface area contributed by atoms with Gasteiger partial charge in [-0.2, -0.15) is 8.42 Å². The van der Waals surface area contributed by atoms with Crippen LogP contribution in [0.2, 0.25) is 0 Å². The SMILES string of the molecule is COC(=O)[C@H]1C[C@@H](OS(=O)(=O)c2ccc(C)cc2)CN1Cc1ccccc1. The molecule has 0 N–H and O–H groups in total. The summed E-state index contributed by atoms with van der Waals surface area (Å²) in [5.41, 5.74) is 2.00. The Kier molecular flexibility index (Phi) is 5.94. The lowest BCUT2D eigenvalue weighted by Gasteiger charge is -2.21. The van der Waals surface area contributed by atoms with Gasteiger partial charge in [-0.15, -0.1) is 0 Å². The second-order valence-corrected chi connectivity index (χ2v) is 8.25. The molecule has 7 heteroatoms. The molecule has 0 spiro atoms. The van der Waals surface area contributed by atoms with Gasteiger partial charge < -0.3 is 4.74 Å². The minimum absolute atomic E-state index is 0.115. The van der Waals surface area contributed by atoms with Gasteiger partial charge in [0, 0.05) is 19.5 Å². The van der Waals surface area contributed by atoms with Crippen LogP contribution in [0.5, 0.6) is 0 Å². The van der Waals surface area contributed by atoms with Gasteiger partial charge in [0.15, 0.2) is 0 Å². The standard InChI is InChI=1S/C20H23NO5S/c1-15-8-10-18(11-9-15)27(23,24)26-17-12-19(20(22)25-2)21(14-17)13-16-6-4-3-5-7-16/h3-11,17,19H,12-14H2,1-2H3/t17-,19-/m1/s1. The van der Waals surface area contributed by atoms with Gasteiger partial charge in [-0.05, 0) is 24.6 Å². The third kappa shape index (κ3) is 4.74. The molecular weight excluding hydrogens is 366 g/mol. The summed E-state index contributed by atoms with van der Waals surface area (Å²) < 4.78 is 35.4. The number of ether oxygens (including phenoxy) is 1. The van der Waals surface area contributed by atoms with Crippen LogP contribution in [0.1, 0.15) is 17.5 Å². The van der Waals surface area contributed by atoms with Crippen LogP contribution in [-0.4, -0.2) is 45.1 Å². The van der Waals surface area contributed by atoms with Gasteiger partial charge in [-0.1, -0.05) is 48.0 Å². The Morgan fingerprint density at radius 2 is 1.78 bits per heavy atom. The van der Waals surface area contributed by atoms with E-state index in [9.17, 15) is 13.2 Å². The highest BCUT2D eigenvalue weighted by molar-refractivity contribution is 7.86. The molecule has 27 heavy (non-hydrogen) atoms. The van der Waals surface area contributed by atoms with E-state index in [0.29, 0.717) is 13.1 Å². The third-order valence-corrected chi connectivity index (χ3v) is 6.01. The van der Waals surface area contributed by atoms with Crippen LogP contribution in [0.4, 0.5) is 0 Å². The highest BCUT2D eigenvalue weighted by atomic mass is 32.2. The summed E-state index contributed by atoms with van der Waals surface area (Å²) in [4.78, 5) is 14.2. The van der Waals surface area contributed by atoms with E-state index in [2.05, 4.69) is 0 Å². The second-order valence-electron chi connectivity index (χ2n) is 6.68. The number of nitrogens with zero attached hydrogens (tertiary/aromatic N) is 1. The van der Waals surface area contributed by atoms with E-state index in [4.69, 9.17) is 8.92 Å². The summed E-state index contributed by atoms with van der Waals surface area (Å²) >= 11 is 0. The molecule has 2 aromatic rings. The number of likely N-dealkylation sites (tertiary alicyclic amines) is 1. The summed E-state index contributed by atoms with van der Waals surface area (Å²) in [6.45, 7) is 2.74. The summed E-state index contributed by atoms with van der Waals surface area (Å²) in [6.07, 6.45) is -0.339. The monoisotopic (exact) mass is 389 g/mol. The van der Waals surface area contributed by atoms with Crippen molar-refractivity contribution < 1.29 is 22.1 Å². The Morgan fingerprint density at radius 3 is 2.41 bits per heavy atom. The van der Waals surface area contributed by atoms with Crippen LogP contribution in [0.3, 0.4) is 0 Å². The van der Waals surface area contributed by atoms with Crippen molar-refractivity contribution >= 4 is 16.1 Å². The molecule has 0 radical (unpaired) electrons. The number of methoxy groups -OCH3 is 1. The van der Waals surface area contributed by atoms with E-state index in [1.807, 2.05) is 42.2 Å². The quantitative estimate of drug-likeness (QED) is 0.558. The van der Waals surface area contributed by atoms with Crippen LogP contribution in [0.15, 0.2) is 59.5 Å². The Labute approximate surface area is 159 Å². The number of hydrogen-bond acceptors (Lipinski definition) is 6. The Morgan fingerprint density at radius 1 is 1.11 bits per heavy atom. The van der Waals surface area contributed by atoms with Crippen LogP contribution < -0.4 is 0 Å². The number of carbonyl (C=O) groups is 1. The second kappa shape index (κ2) is 8.21. The van der Waals surface area contributed by atoms with Crippen molar-refractivity contribution in [3.63, 3.8) is 0 Å². The predicted octanol–water partition coefficient (Wildman–Crippen LogP) is 2.52. The van der Waals surface area contributed by atoms with E-state index >= 15 is 0 Å². The molecular formula is C20H23NO5S. The minimum Gasteiger partial charge on any atom is -0.468 e. The average molecular weight is 389 g/mol. The van der Waals surface area contributed by atoms with Gasteiger partial charge in [0.1, 0.15) is 6.04 Å². The first kappa shape index (κ1) is 19.5. The van der Waals surface area contributed by atoms with Crippen LogP contribution >= 0.6 is 0 Å². The van der Waals surface area contributed by atoms with Crippen molar-refractivity contribution in [3.05, 3.63) is 65.7 Å². The lowest BCUT2D eigenvalue weighted by Crippen LogP contribution is -2.36. The van der Waals surface area contributed by atoms with E-state index in [-0.39, 0.29) is 17.3 Å². The molecule has 2 aromatic carbocycles. The molecule has 0 aliphatic carbocycles. The fourth-order valence-electron chi connectivity index (χ4n) is 3.24. The molecule has 1 fully saturated rings. The van der Waals surface area contributed by atoms with Gasteiger partial charge >= 0.3 is 5.97 Å². The molecule has 0 saturated carbocycles. The first-order chi connectivity index (χ1) is 12.9. The van der Waals surface area contributed by atoms with Gasteiger partial charge in [0.05, 0.1) is 18.1 Å². The highest BCUT2D eigenvalue weighted by Crippen LogP contribution is 2.27. The van der Waals surface area contributed by atoms with Gasteiger partial charge in [-0.25, -0.2) is 0 Å². The fourth-order valence-corrected chi connectivity index (χ4v) is 4.32. The lowest BCUT2D eigenvalue weighted by atomic mass is 10.2. The topological polar surface area (TPSA) is 72.9 Å². The first-order valence-electron chi connectivity index (χ1n) is 8.75. The van der Waals surface area contributed by atoms with Crippen molar-refractivity contribution in [2.45, 2.75) is 36.9 Å². The summed E-state index contributed by atoms with van der Waals surface area (Å²) in [7, 11) is -2.56. The molecule has 6 nitrogen and oxygen atoms in total. The largest absolute Gasteiger partial charge is 0.468 e. The zero-order chi connectivity index (χ0) is 19.4. The van der Waals surface area contributed by atoms with E-state index in [1.54, 1.807) is 12.1 Å². The molecule has 0 aromatic heterocycles. The van der Waals surface area contributed by atoms with Crippen LogP contribution in [0.25, 0.3) is 0 Å². The molecule has 1 aliphatic heterocycles. The zero-order valence-electron chi connectivity index (χ0n) is 15.4. The maximum absolute atomic E-state index is 12.6. The summed E-state index contributed by atoms with van der Waals surface area (Å²) in [5, 5.41) is 0. The Hall–Kier alpha value is -2.22. The van der Waals surface area contributed by atoms with Crippen molar-refractivity contribution in [3.8, 4) is 0 Å². The molecule has 1 aliphatic rings. The zero-order valence-corrected chi connectivity index (χ0v) is 16.2. The number of aryl methyl sites for hydroxylation is 1. The van der Waals surface area contributed by atoms with Gasteiger partial charge in [-0.3, -0.25) is 13.9 Å².